The van der Waals surface area contributed by atoms with Crippen LogP contribution in [0.5, 0.6) is 0 Å². The number of carbonyl (C=O) groups excluding carboxylic acids is 2. The molecule has 1 aliphatic heterocycles. The Hall–Kier alpha value is -3.49. The summed E-state index contributed by atoms with van der Waals surface area (Å²) in [6.45, 7) is 3.92. The van der Waals surface area contributed by atoms with Crippen LogP contribution in [-0.4, -0.2) is 33.0 Å². The summed E-state index contributed by atoms with van der Waals surface area (Å²) in [5.74, 6) is -0.588. The number of nitrogens with zero attached hydrogens (tertiary/aromatic N) is 4. The first-order chi connectivity index (χ1) is 14.7. The van der Waals surface area contributed by atoms with Crippen molar-refractivity contribution in [3.8, 4) is 0 Å². The monoisotopic (exact) mass is 428 g/mol. The van der Waals surface area contributed by atoms with Gasteiger partial charge in [-0.2, -0.15) is 18.3 Å². The molecule has 0 N–H and O–H groups in total. The van der Waals surface area contributed by atoms with Gasteiger partial charge >= 0.3 is 6.18 Å². The lowest BCUT2D eigenvalue weighted by atomic mass is 10.00. The predicted octanol–water partition coefficient (Wildman–Crippen LogP) is 4.25. The van der Waals surface area contributed by atoms with Gasteiger partial charge in [0, 0.05) is 42.2 Å². The van der Waals surface area contributed by atoms with Gasteiger partial charge in [0.15, 0.2) is 5.78 Å². The molecule has 1 aliphatic rings. The zero-order valence-electron chi connectivity index (χ0n) is 16.8. The van der Waals surface area contributed by atoms with E-state index in [-0.39, 0.29) is 30.5 Å². The molecular formula is C22H19F3N4O2. The number of anilines is 1. The second-order valence-corrected chi connectivity index (χ2v) is 7.56. The van der Waals surface area contributed by atoms with Crippen molar-refractivity contribution < 1.29 is 22.8 Å². The molecule has 160 valence electrons. The van der Waals surface area contributed by atoms with Gasteiger partial charge in [-0.05, 0) is 49.7 Å². The van der Waals surface area contributed by atoms with E-state index in [1.807, 2.05) is 13.8 Å². The van der Waals surface area contributed by atoms with Crippen molar-refractivity contribution in [3.63, 3.8) is 0 Å². The van der Waals surface area contributed by atoms with Gasteiger partial charge in [0.25, 0.3) is 5.91 Å². The van der Waals surface area contributed by atoms with Crippen molar-refractivity contribution in [3.05, 3.63) is 76.9 Å². The lowest BCUT2D eigenvalue weighted by Crippen LogP contribution is -2.43. The van der Waals surface area contributed by atoms with E-state index in [0.29, 0.717) is 16.8 Å². The molecule has 0 fully saturated rings. The van der Waals surface area contributed by atoms with E-state index in [2.05, 4.69) is 10.1 Å². The molecule has 6 nitrogen and oxygen atoms in total. The lowest BCUT2D eigenvalue weighted by Gasteiger charge is -2.32. The maximum atomic E-state index is 13.2. The van der Waals surface area contributed by atoms with Gasteiger partial charge in [0.2, 0.25) is 0 Å². The minimum Gasteiger partial charge on any atom is -0.305 e. The smallest absolute Gasteiger partial charge is 0.305 e. The van der Waals surface area contributed by atoms with Crippen molar-refractivity contribution in [1.82, 2.24) is 14.8 Å². The maximum absolute atomic E-state index is 13.2. The summed E-state index contributed by atoms with van der Waals surface area (Å²) in [4.78, 5) is 31.4. The zero-order chi connectivity index (χ0) is 22.3. The lowest BCUT2D eigenvalue weighted by molar-refractivity contribution is -0.137. The highest BCUT2D eigenvalue weighted by Crippen LogP contribution is 2.33. The SMILES string of the molecule is Cc1ccncc1C(=O)Cc1cnn2c1C(=O)N(c1ccc(C(F)(F)F)cc1)C[C@@H]2C. The molecule has 0 unspecified atom stereocenters. The summed E-state index contributed by atoms with van der Waals surface area (Å²) in [5, 5.41) is 4.28. The molecule has 4 rings (SSSR count). The van der Waals surface area contributed by atoms with Gasteiger partial charge in [-0.1, -0.05) is 0 Å². The normalized spacial score (nSPS) is 16.4. The summed E-state index contributed by atoms with van der Waals surface area (Å²) in [5.41, 5.74) is 1.58. The average Bonchev–Trinajstić information content (AvgIpc) is 3.15. The van der Waals surface area contributed by atoms with Gasteiger partial charge < -0.3 is 4.90 Å². The fraction of sp³-hybridized carbons (Fsp3) is 0.273. The van der Waals surface area contributed by atoms with Crippen LogP contribution in [0.1, 0.15) is 50.5 Å². The van der Waals surface area contributed by atoms with Gasteiger partial charge in [-0.3, -0.25) is 19.3 Å². The Kier molecular flexibility index (Phi) is 5.12. The number of Topliss-reactive ketones (excluding diaryl/α,β-unsaturated/α-hetero) is 1. The van der Waals surface area contributed by atoms with Crippen LogP contribution in [0.4, 0.5) is 18.9 Å². The van der Waals surface area contributed by atoms with Crippen LogP contribution in [0.15, 0.2) is 48.9 Å². The van der Waals surface area contributed by atoms with Crippen LogP contribution < -0.4 is 4.90 Å². The minimum atomic E-state index is -4.45. The Morgan fingerprint density at radius 2 is 1.87 bits per heavy atom. The number of ketones is 1. The Bertz CT molecular complexity index is 1150. The van der Waals surface area contributed by atoms with Crippen molar-refractivity contribution in [2.75, 3.05) is 11.4 Å². The van der Waals surface area contributed by atoms with E-state index in [4.69, 9.17) is 0 Å². The molecule has 3 heterocycles. The Balaban J connectivity index is 1.64. The largest absolute Gasteiger partial charge is 0.416 e. The molecule has 0 saturated carbocycles. The number of rotatable bonds is 4. The van der Waals surface area contributed by atoms with Gasteiger partial charge in [0.1, 0.15) is 5.69 Å². The maximum Gasteiger partial charge on any atom is 0.416 e. The molecule has 1 aromatic carbocycles. The van der Waals surface area contributed by atoms with E-state index < -0.39 is 17.6 Å². The third kappa shape index (κ3) is 3.83. The second-order valence-electron chi connectivity index (χ2n) is 7.56. The molecule has 1 amide bonds. The number of benzene rings is 1. The number of hydrogen-bond acceptors (Lipinski definition) is 4. The van der Waals surface area contributed by atoms with Crippen molar-refractivity contribution in [2.24, 2.45) is 0 Å². The summed E-state index contributed by atoms with van der Waals surface area (Å²) >= 11 is 0. The zero-order valence-corrected chi connectivity index (χ0v) is 16.8. The Morgan fingerprint density at radius 1 is 1.16 bits per heavy atom. The molecule has 0 bridgehead atoms. The second kappa shape index (κ2) is 7.64. The molecule has 2 aromatic heterocycles. The first-order valence-electron chi connectivity index (χ1n) is 9.66. The molecular weight excluding hydrogens is 409 g/mol. The molecule has 0 saturated heterocycles. The van der Waals surface area contributed by atoms with E-state index in [9.17, 15) is 22.8 Å². The van der Waals surface area contributed by atoms with Crippen molar-refractivity contribution in [1.29, 1.82) is 0 Å². The van der Waals surface area contributed by atoms with Gasteiger partial charge in [-0.25, -0.2) is 0 Å². The molecule has 0 spiro atoms. The van der Waals surface area contributed by atoms with Crippen LogP contribution in [0.25, 0.3) is 0 Å². The average molecular weight is 428 g/mol. The number of hydrogen-bond donors (Lipinski definition) is 0. The highest BCUT2D eigenvalue weighted by Gasteiger charge is 2.35. The molecule has 0 radical (unpaired) electrons. The molecule has 9 heteroatoms. The summed E-state index contributed by atoms with van der Waals surface area (Å²) in [6, 6.07) is 6.00. The Morgan fingerprint density at radius 3 is 2.52 bits per heavy atom. The first-order valence-corrected chi connectivity index (χ1v) is 9.66. The van der Waals surface area contributed by atoms with E-state index in [1.54, 1.807) is 16.9 Å². The minimum absolute atomic E-state index is 0.0266. The predicted molar refractivity (Wildman–Crippen MR) is 107 cm³/mol. The third-order valence-electron chi connectivity index (χ3n) is 5.38. The number of carbonyl (C=O) groups is 2. The molecule has 31 heavy (non-hydrogen) atoms. The molecule has 3 aromatic rings. The van der Waals surface area contributed by atoms with Crippen LogP contribution in [0.3, 0.4) is 0 Å². The van der Waals surface area contributed by atoms with Crippen LogP contribution in [0, 0.1) is 6.92 Å². The summed E-state index contributed by atoms with van der Waals surface area (Å²) < 4.78 is 40.2. The highest BCUT2D eigenvalue weighted by molar-refractivity contribution is 6.08. The first kappa shape index (κ1) is 20.8. The molecule has 1 atom stereocenters. The van der Waals surface area contributed by atoms with Gasteiger partial charge in [0.05, 0.1) is 17.8 Å². The number of halogens is 3. The number of amides is 1. The topological polar surface area (TPSA) is 68.1 Å². The van der Waals surface area contributed by atoms with Crippen molar-refractivity contribution in [2.45, 2.75) is 32.5 Å². The van der Waals surface area contributed by atoms with E-state index in [0.717, 1.165) is 17.7 Å². The number of aromatic nitrogens is 3. The third-order valence-corrected chi connectivity index (χ3v) is 5.38. The van der Waals surface area contributed by atoms with Crippen LogP contribution in [-0.2, 0) is 12.6 Å². The van der Waals surface area contributed by atoms with E-state index >= 15 is 0 Å². The fourth-order valence-corrected chi connectivity index (χ4v) is 3.73. The Labute approximate surface area is 176 Å². The summed E-state index contributed by atoms with van der Waals surface area (Å²) in [6.07, 6.45) is 0.118. The van der Waals surface area contributed by atoms with Gasteiger partial charge in [-0.15, -0.1) is 0 Å². The standard InChI is InChI=1S/C22H19F3N4O2/c1-13-7-8-26-11-18(13)19(30)9-15-10-27-29-14(2)12-28(21(31)20(15)29)17-5-3-16(4-6-17)22(23,24)25/h3-8,10-11,14H,9,12H2,1-2H3/t14-/m0/s1. The number of aryl methyl sites for hydroxylation is 1. The fourth-order valence-electron chi connectivity index (χ4n) is 3.73. The van der Waals surface area contributed by atoms with Crippen molar-refractivity contribution >= 4 is 17.4 Å². The number of alkyl halides is 3. The molecule has 0 aliphatic carbocycles. The van der Waals surface area contributed by atoms with E-state index in [1.165, 1.54) is 29.4 Å². The quantitative estimate of drug-likeness (QED) is 0.583. The summed E-state index contributed by atoms with van der Waals surface area (Å²) in [7, 11) is 0. The number of fused-ring (bicyclic) bond motifs is 1. The highest BCUT2D eigenvalue weighted by atomic mass is 19.4. The van der Waals surface area contributed by atoms with Crippen LogP contribution in [0.2, 0.25) is 0 Å². The van der Waals surface area contributed by atoms with Crippen LogP contribution >= 0.6 is 0 Å². The number of pyridine rings is 1.